The zero-order chi connectivity index (χ0) is 13.5. The van der Waals surface area contributed by atoms with Crippen LogP contribution in [0.25, 0.3) is 0 Å². The summed E-state index contributed by atoms with van der Waals surface area (Å²) in [6.07, 6.45) is 2.18. The molecule has 1 amide bonds. The maximum Gasteiger partial charge on any atom is 0.241 e. The number of nitrogens with zero attached hydrogens (tertiary/aromatic N) is 3. The highest BCUT2D eigenvalue weighted by molar-refractivity contribution is 7.08. The van der Waals surface area contributed by atoms with Crippen molar-refractivity contribution >= 4 is 23.5 Å². The summed E-state index contributed by atoms with van der Waals surface area (Å²) in [7, 11) is 2.13. The van der Waals surface area contributed by atoms with Crippen LogP contribution in [0.4, 0.5) is 0 Å². The number of piperazine rings is 1. The van der Waals surface area contributed by atoms with E-state index in [0.717, 1.165) is 38.3 Å². The molecule has 1 aliphatic rings. The fraction of sp³-hybridized carbons (Fsp3) is 0.538. The van der Waals surface area contributed by atoms with Crippen molar-refractivity contribution in [1.82, 2.24) is 15.2 Å². The molecule has 6 heteroatoms. The van der Waals surface area contributed by atoms with E-state index in [-0.39, 0.29) is 5.91 Å². The average molecular weight is 280 g/mol. The molecule has 1 N–H and O–H groups in total. The van der Waals surface area contributed by atoms with Crippen molar-refractivity contribution in [2.24, 2.45) is 5.10 Å². The van der Waals surface area contributed by atoms with Gasteiger partial charge in [0.05, 0.1) is 6.21 Å². The quantitative estimate of drug-likeness (QED) is 0.642. The van der Waals surface area contributed by atoms with E-state index in [9.17, 15) is 4.79 Å². The SMILES string of the molecule is CN1CCN(CCC(=O)NN=Cc2ccsc2)CC1. The first-order valence-corrected chi connectivity index (χ1v) is 7.43. The Kier molecular flexibility index (Phi) is 5.50. The molecule has 1 saturated heterocycles. The second-order valence-electron chi connectivity index (χ2n) is 4.74. The lowest BCUT2D eigenvalue weighted by molar-refractivity contribution is -0.121. The molecule has 2 heterocycles. The number of thiophene rings is 1. The molecular weight excluding hydrogens is 260 g/mol. The van der Waals surface area contributed by atoms with E-state index in [4.69, 9.17) is 0 Å². The Morgan fingerprint density at radius 3 is 2.95 bits per heavy atom. The van der Waals surface area contributed by atoms with Gasteiger partial charge in [-0.25, -0.2) is 5.43 Å². The Balaban J connectivity index is 1.62. The second kappa shape index (κ2) is 7.37. The Hall–Kier alpha value is -1.24. The molecular formula is C13H20N4OS. The number of hydrogen-bond donors (Lipinski definition) is 1. The number of likely N-dealkylation sites (N-methyl/N-ethyl adjacent to an activating group) is 1. The van der Waals surface area contributed by atoms with Crippen molar-refractivity contribution in [2.75, 3.05) is 39.8 Å². The van der Waals surface area contributed by atoms with Crippen molar-refractivity contribution in [2.45, 2.75) is 6.42 Å². The number of rotatable bonds is 5. The molecule has 0 unspecified atom stereocenters. The molecule has 2 rings (SSSR count). The summed E-state index contributed by atoms with van der Waals surface area (Å²) in [5.74, 6) is -0.0228. The lowest BCUT2D eigenvalue weighted by Gasteiger charge is -2.32. The Labute approximate surface area is 117 Å². The molecule has 0 atom stereocenters. The predicted molar refractivity (Wildman–Crippen MR) is 78.6 cm³/mol. The molecule has 104 valence electrons. The van der Waals surface area contributed by atoms with E-state index in [1.807, 2.05) is 16.8 Å². The minimum absolute atomic E-state index is 0.0228. The number of nitrogens with one attached hydrogen (secondary N) is 1. The van der Waals surface area contributed by atoms with E-state index < -0.39 is 0 Å². The van der Waals surface area contributed by atoms with Crippen LogP contribution in [0.5, 0.6) is 0 Å². The first-order valence-electron chi connectivity index (χ1n) is 6.49. The molecule has 5 nitrogen and oxygen atoms in total. The fourth-order valence-corrected chi connectivity index (χ4v) is 2.53. The zero-order valence-electron chi connectivity index (χ0n) is 11.2. The smallest absolute Gasteiger partial charge is 0.241 e. The topological polar surface area (TPSA) is 47.9 Å². The van der Waals surface area contributed by atoms with Crippen LogP contribution in [-0.4, -0.2) is 61.7 Å². The van der Waals surface area contributed by atoms with Crippen LogP contribution < -0.4 is 5.43 Å². The highest BCUT2D eigenvalue weighted by Crippen LogP contribution is 2.02. The third kappa shape index (κ3) is 5.10. The molecule has 1 fully saturated rings. The first-order chi connectivity index (χ1) is 9.24. The van der Waals surface area contributed by atoms with Gasteiger partial charge in [0.2, 0.25) is 5.91 Å². The summed E-state index contributed by atoms with van der Waals surface area (Å²) in [5.41, 5.74) is 3.59. The zero-order valence-corrected chi connectivity index (χ0v) is 12.0. The Morgan fingerprint density at radius 1 is 1.47 bits per heavy atom. The number of carbonyl (C=O) groups excluding carboxylic acids is 1. The maximum atomic E-state index is 11.6. The fourth-order valence-electron chi connectivity index (χ4n) is 1.91. The maximum absolute atomic E-state index is 11.6. The van der Waals surface area contributed by atoms with Crippen molar-refractivity contribution in [3.05, 3.63) is 22.4 Å². The molecule has 19 heavy (non-hydrogen) atoms. The van der Waals surface area contributed by atoms with Gasteiger partial charge in [0.25, 0.3) is 0 Å². The third-order valence-corrected chi connectivity index (χ3v) is 3.90. The molecule has 1 aliphatic heterocycles. The average Bonchev–Trinajstić information content (AvgIpc) is 2.91. The largest absolute Gasteiger partial charge is 0.304 e. The van der Waals surface area contributed by atoms with Gasteiger partial charge in [0.1, 0.15) is 0 Å². The minimum atomic E-state index is -0.0228. The van der Waals surface area contributed by atoms with Gasteiger partial charge in [-0.05, 0) is 23.9 Å². The molecule has 0 aromatic carbocycles. The molecule has 0 bridgehead atoms. The summed E-state index contributed by atoms with van der Waals surface area (Å²) in [6, 6.07) is 1.96. The summed E-state index contributed by atoms with van der Waals surface area (Å²) >= 11 is 1.61. The van der Waals surface area contributed by atoms with Gasteiger partial charge in [0, 0.05) is 44.7 Å². The molecule has 0 aliphatic carbocycles. The van der Waals surface area contributed by atoms with E-state index in [1.165, 1.54) is 0 Å². The van der Waals surface area contributed by atoms with Crippen LogP contribution in [0, 0.1) is 0 Å². The lowest BCUT2D eigenvalue weighted by atomic mass is 10.3. The molecule has 0 radical (unpaired) electrons. The molecule has 1 aromatic rings. The van der Waals surface area contributed by atoms with Crippen molar-refractivity contribution in [3.8, 4) is 0 Å². The summed E-state index contributed by atoms with van der Waals surface area (Å²) in [5, 5.41) is 7.91. The highest BCUT2D eigenvalue weighted by atomic mass is 32.1. The van der Waals surface area contributed by atoms with Crippen molar-refractivity contribution in [3.63, 3.8) is 0 Å². The van der Waals surface area contributed by atoms with Gasteiger partial charge in [-0.2, -0.15) is 16.4 Å². The van der Waals surface area contributed by atoms with E-state index in [0.29, 0.717) is 6.42 Å². The van der Waals surface area contributed by atoms with Crippen LogP contribution in [0.1, 0.15) is 12.0 Å². The van der Waals surface area contributed by atoms with Crippen molar-refractivity contribution < 1.29 is 4.79 Å². The molecule has 0 saturated carbocycles. The van der Waals surface area contributed by atoms with Gasteiger partial charge in [0.15, 0.2) is 0 Å². The van der Waals surface area contributed by atoms with Gasteiger partial charge < -0.3 is 9.80 Å². The van der Waals surface area contributed by atoms with Crippen LogP contribution in [0.15, 0.2) is 21.9 Å². The van der Waals surface area contributed by atoms with Gasteiger partial charge >= 0.3 is 0 Å². The van der Waals surface area contributed by atoms with Crippen LogP contribution >= 0.6 is 11.3 Å². The van der Waals surface area contributed by atoms with E-state index >= 15 is 0 Å². The summed E-state index contributed by atoms with van der Waals surface area (Å²) in [6.45, 7) is 5.06. The van der Waals surface area contributed by atoms with Gasteiger partial charge in [-0.1, -0.05) is 0 Å². The lowest BCUT2D eigenvalue weighted by Crippen LogP contribution is -2.45. The number of amides is 1. The molecule has 1 aromatic heterocycles. The summed E-state index contributed by atoms with van der Waals surface area (Å²) < 4.78 is 0. The number of hydrogen-bond acceptors (Lipinski definition) is 5. The van der Waals surface area contributed by atoms with E-state index in [2.05, 4.69) is 27.4 Å². The Bertz CT molecular complexity index is 410. The predicted octanol–water partition coefficient (Wildman–Crippen LogP) is 0.836. The summed E-state index contributed by atoms with van der Waals surface area (Å²) in [4.78, 5) is 16.2. The number of hydrazone groups is 1. The van der Waals surface area contributed by atoms with Crippen LogP contribution in [0.3, 0.4) is 0 Å². The third-order valence-electron chi connectivity index (χ3n) is 3.20. The van der Waals surface area contributed by atoms with E-state index in [1.54, 1.807) is 17.6 Å². The van der Waals surface area contributed by atoms with Crippen LogP contribution in [0.2, 0.25) is 0 Å². The monoisotopic (exact) mass is 280 g/mol. The Morgan fingerprint density at radius 2 is 2.26 bits per heavy atom. The molecule has 0 spiro atoms. The normalized spacial score (nSPS) is 17.9. The van der Waals surface area contributed by atoms with Gasteiger partial charge in [-0.3, -0.25) is 4.79 Å². The van der Waals surface area contributed by atoms with Gasteiger partial charge in [-0.15, -0.1) is 0 Å². The van der Waals surface area contributed by atoms with Crippen molar-refractivity contribution in [1.29, 1.82) is 0 Å². The van der Waals surface area contributed by atoms with Crippen LogP contribution in [-0.2, 0) is 4.79 Å². The highest BCUT2D eigenvalue weighted by Gasteiger charge is 2.14. The second-order valence-corrected chi connectivity index (χ2v) is 5.52. The first kappa shape index (κ1) is 14.2. The standard InChI is InChI=1S/C13H20N4OS/c1-16-5-7-17(8-6-16)4-2-13(18)15-14-10-12-3-9-19-11-12/h3,9-11H,2,4-8H2,1H3,(H,15,18). The number of carbonyl (C=O) groups is 1. The minimum Gasteiger partial charge on any atom is -0.304 e.